The number of H-pyrrole nitrogens is 1. The van der Waals surface area contributed by atoms with Crippen LogP contribution < -0.4 is 0 Å². The maximum Gasteiger partial charge on any atom is 0.139 e. The van der Waals surface area contributed by atoms with Crippen LogP contribution in [0.2, 0.25) is 0 Å². The van der Waals surface area contributed by atoms with E-state index in [0.717, 1.165) is 50.5 Å². The molecule has 2 aliphatic heterocycles. The molecule has 0 aromatic carbocycles. The van der Waals surface area contributed by atoms with Gasteiger partial charge in [0, 0.05) is 60.4 Å². The Morgan fingerprint density at radius 3 is 3.11 bits per heavy atom. The van der Waals surface area contributed by atoms with E-state index < -0.39 is 0 Å². The molecule has 0 aliphatic carbocycles. The van der Waals surface area contributed by atoms with Crippen molar-refractivity contribution in [2.24, 2.45) is 0 Å². The average molecular weight is 381 g/mol. The molecule has 3 aromatic rings. The number of hydrogen-bond acceptors (Lipinski definition) is 5. The maximum atomic E-state index is 5.94. The van der Waals surface area contributed by atoms with E-state index >= 15 is 0 Å². The van der Waals surface area contributed by atoms with Crippen LogP contribution in [0, 0.1) is 0 Å². The highest BCUT2D eigenvalue weighted by Gasteiger charge is 2.22. The average Bonchev–Trinajstić information content (AvgIpc) is 3.36. The minimum Gasteiger partial charge on any atom is -0.373 e. The molecule has 0 bridgehead atoms. The van der Waals surface area contributed by atoms with Crippen LogP contribution in [0.25, 0.3) is 11.4 Å². The Morgan fingerprint density at radius 1 is 1.26 bits per heavy atom. The summed E-state index contributed by atoms with van der Waals surface area (Å²) in [6, 6.07) is 8.55. The highest BCUT2D eigenvalue weighted by Crippen LogP contribution is 2.33. The minimum atomic E-state index is 0.320. The molecule has 5 heterocycles. The van der Waals surface area contributed by atoms with Gasteiger partial charge in [-0.05, 0) is 43.5 Å². The molecule has 1 saturated heterocycles. The summed E-state index contributed by atoms with van der Waals surface area (Å²) in [6.07, 6.45) is 8.63. The Balaban J connectivity index is 1.26. The van der Waals surface area contributed by atoms with E-state index in [1.165, 1.54) is 34.0 Å². The quantitative estimate of drug-likeness (QED) is 0.732. The summed E-state index contributed by atoms with van der Waals surface area (Å²) in [6.45, 7) is 3.89. The van der Waals surface area contributed by atoms with Crippen molar-refractivity contribution in [2.45, 2.75) is 44.9 Å². The maximum absolute atomic E-state index is 5.94. The monoisotopic (exact) mass is 380 g/mol. The number of thiophene rings is 1. The number of ether oxygens (including phenoxy) is 1. The fraction of sp³-hybridized carbons (Fsp3) is 0.429. The summed E-state index contributed by atoms with van der Waals surface area (Å²) < 4.78 is 5.94. The number of imidazole rings is 1. The molecule has 0 spiro atoms. The molecule has 3 aromatic heterocycles. The van der Waals surface area contributed by atoms with Gasteiger partial charge in [0.2, 0.25) is 0 Å². The molecule has 27 heavy (non-hydrogen) atoms. The van der Waals surface area contributed by atoms with Gasteiger partial charge in [-0.3, -0.25) is 9.88 Å². The molecule has 2 aliphatic rings. The van der Waals surface area contributed by atoms with Crippen LogP contribution >= 0.6 is 11.3 Å². The first kappa shape index (κ1) is 17.1. The highest BCUT2D eigenvalue weighted by atomic mass is 32.1. The number of hydrogen-bond donors (Lipinski definition) is 1. The third-order valence-electron chi connectivity index (χ3n) is 5.40. The van der Waals surface area contributed by atoms with Gasteiger partial charge in [0.1, 0.15) is 5.82 Å². The van der Waals surface area contributed by atoms with Gasteiger partial charge >= 0.3 is 0 Å². The second-order valence-corrected chi connectivity index (χ2v) is 8.57. The first-order valence-corrected chi connectivity index (χ1v) is 10.6. The van der Waals surface area contributed by atoms with Crippen LogP contribution in [-0.4, -0.2) is 33.0 Å². The molecular weight excluding hydrogens is 356 g/mol. The van der Waals surface area contributed by atoms with Gasteiger partial charge in [0.15, 0.2) is 0 Å². The van der Waals surface area contributed by atoms with E-state index in [2.05, 4.69) is 33.1 Å². The molecule has 6 heteroatoms. The van der Waals surface area contributed by atoms with Gasteiger partial charge in [-0.25, -0.2) is 4.98 Å². The number of nitrogens with zero attached hydrogens (tertiary/aromatic N) is 3. The zero-order valence-corrected chi connectivity index (χ0v) is 16.2. The molecule has 0 saturated carbocycles. The summed E-state index contributed by atoms with van der Waals surface area (Å²) in [7, 11) is 0. The van der Waals surface area contributed by atoms with Crippen LogP contribution in [0.1, 0.15) is 46.5 Å². The summed E-state index contributed by atoms with van der Waals surface area (Å²) in [5.41, 5.74) is 3.49. The Labute approximate surface area is 163 Å². The lowest BCUT2D eigenvalue weighted by Gasteiger charge is -2.25. The van der Waals surface area contributed by atoms with Gasteiger partial charge in [-0.1, -0.05) is 0 Å². The minimum absolute atomic E-state index is 0.320. The number of rotatable bonds is 4. The van der Waals surface area contributed by atoms with Gasteiger partial charge in [-0.15, -0.1) is 11.3 Å². The van der Waals surface area contributed by atoms with Crippen LogP contribution in [0.15, 0.2) is 36.7 Å². The largest absolute Gasteiger partial charge is 0.373 e. The van der Waals surface area contributed by atoms with Crippen molar-refractivity contribution in [2.75, 3.05) is 13.2 Å². The van der Waals surface area contributed by atoms with E-state index in [-0.39, 0.29) is 0 Å². The predicted molar refractivity (Wildman–Crippen MR) is 106 cm³/mol. The SMILES string of the molecule is c1cncc(-c2nc3c([nH]2)CN(Cc2ccc(C4CCCCO4)s2)CC3)c1. The fourth-order valence-electron chi connectivity index (χ4n) is 3.96. The smallest absolute Gasteiger partial charge is 0.139 e. The number of fused-ring (bicyclic) bond motifs is 1. The van der Waals surface area contributed by atoms with Gasteiger partial charge in [-0.2, -0.15) is 0 Å². The Morgan fingerprint density at radius 2 is 2.26 bits per heavy atom. The Kier molecular flexibility index (Phi) is 4.78. The van der Waals surface area contributed by atoms with Crippen molar-refractivity contribution in [3.63, 3.8) is 0 Å². The number of aromatic amines is 1. The second kappa shape index (κ2) is 7.54. The zero-order valence-electron chi connectivity index (χ0n) is 15.4. The van der Waals surface area contributed by atoms with Gasteiger partial charge in [0.25, 0.3) is 0 Å². The summed E-state index contributed by atoms with van der Waals surface area (Å²) in [5.74, 6) is 0.933. The number of aromatic nitrogens is 3. The van der Waals surface area contributed by atoms with E-state index in [0.29, 0.717) is 6.10 Å². The molecule has 5 nitrogen and oxygen atoms in total. The zero-order chi connectivity index (χ0) is 18.1. The Bertz CT molecular complexity index is 898. The predicted octanol–water partition coefficient (Wildman–Crippen LogP) is 4.33. The number of pyridine rings is 1. The van der Waals surface area contributed by atoms with Crippen LogP contribution in [-0.2, 0) is 24.2 Å². The van der Waals surface area contributed by atoms with Crippen LogP contribution in [0.4, 0.5) is 0 Å². The van der Waals surface area contributed by atoms with E-state index in [4.69, 9.17) is 9.72 Å². The van der Waals surface area contributed by atoms with E-state index in [1.54, 1.807) is 6.20 Å². The normalized spacial score (nSPS) is 20.5. The summed E-state index contributed by atoms with van der Waals surface area (Å²) >= 11 is 1.92. The Hall–Kier alpha value is -2.02. The molecule has 0 radical (unpaired) electrons. The van der Waals surface area contributed by atoms with Crippen molar-refractivity contribution in [1.82, 2.24) is 19.9 Å². The standard InChI is InChI=1S/C21H24N4OS/c1-2-11-26-19(5-1)20-7-6-16(27-20)13-25-10-8-17-18(14-25)24-21(23-17)15-4-3-9-22-12-15/h3-4,6-7,9,12,19H,1-2,5,8,10-11,13-14H2,(H,23,24). The lowest BCUT2D eigenvalue weighted by molar-refractivity contribution is 0.0172. The van der Waals surface area contributed by atoms with Crippen molar-refractivity contribution in [3.05, 3.63) is 57.8 Å². The van der Waals surface area contributed by atoms with Gasteiger partial charge in [0.05, 0.1) is 17.5 Å². The fourth-order valence-corrected chi connectivity index (χ4v) is 5.10. The molecule has 1 atom stereocenters. The van der Waals surface area contributed by atoms with Crippen molar-refractivity contribution >= 4 is 11.3 Å². The van der Waals surface area contributed by atoms with Crippen molar-refractivity contribution in [1.29, 1.82) is 0 Å². The van der Waals surface area contributed by atoms with Gasteiger partial charge < -0.3 is 9.72 Å². The first-order chi connectivity index (χ1) is 13.3. The molecule has 1 N–H and O–H groups in total. The van der Waals surface area contributed by atoms with Crippen LogP contribution in [0.3, 0.4) is 0 Å². The molecule has 1 fully saturated rings. The topological polar surface area (TPSA) is 54.0 Å². The van der Waals surface area contributed by atoms with E-state index in [9.17, 15) is 0 Å². The van der Waals surface area contributed by atoms with Crippen molar-refractivity contribution in [3.8, 4) is 11.4 Å². The molecule has 5 rings (SSSR count). The molecular formula is C21H24N4OS. The van der Waals surface area contributed by atoms with Crippen molar-refractivity contribution < 1.29 is 4.74 Å². The third-order valence-corrected chi connectivity index (χ3v) is 6.57. The molecule has 140 valence electrons. The number of nitrogens with one attached hydrogen (secondary N) is 1. The molecule has 0 amide bonds. The lowest BCUT2D eigenvalue weighted by atomic mass is 10.1. The third kappa shape index (κ3) is 3.70. The molecule has 1 unspecified atom stereocenters. The highest BCUT2D eigenvalue weighted by molar-refractivity contribution is 7.12. The summed E-state index contributed by atoms with van der Waals surface area (Å²) in [5, 5.41) is 0. The van der Waals surface area contributed by atoms with Crippen LogP contribution in [0.5, 0.6) is 0 Å². The summed E-state index contributed by atoms with van der Waals surface area (Å²) in [4.78, 5) is 17.8. The van der Waals surface area contributed by atoms with E-state index in [1.807, 2.05) is 23.6 Å². The lowest BCUT2D eigenvalue weighted by Crippen LogP contribution is -2.29. The first-order valence-electron chi connectivity index (χ1n) is 9.76. The second-order valence-electron chi connectivity index (χ2n) is 7.37.